The molecule has 0 heterocycles. The van der Waals surface area contributed by atoms with Crippen molar-refractivity contribution in [2.24, 2.45) is 0 Å². The molecule has 244 valence electrons. The topological polar surface area (TPSA) is 139 Å². The van der Waals surface area contributed by atoms with Crippen molar-refractivity contribution in [2.75, 3.05) is 18.9 Å². The lowest BCUT2D eigenvalue weighted by Crippen LogP contribution is -2.11. The lowest BCUT2D eigenvalue weighted by atomic mass is 10.0. The summed E-state index contributed by atoms with van der Waals surface area (Å²) in [6.07, 6.45) is -9.14. The second-order valence-electron chi connectivity index (χ2n) is 9.19. The van der Waals surface area contributed by atoms with Gasteiger partial charge >= 0.3 is 24.3 Å². The predicted octanol–water partition coefficient (Wildman–Crippen LogP) is 8.27. The summed E-state index contributed by atoms with van der Waals surface area (Å²) in [6, 6.07) is 13.4. The summed E-state index contributed by atoms with van der Waals surface area (Å²) in [5, 5.41) is 26.8. The quantitative estimate of drug-likeness (QED) is 0.107. The maximum atomic E-state index is 12.9. The van der Waals surface area contributed by atoms with E-state index >= 15 is 0 Å². The minimum Gasteiger partial charge on any atom is -0.508 e. The number of phenolic OH excluding ortho intramolecular Hbond substituents is 1. The van der Waals surface area contributed by atoms with Gasteiger partial charge in [0.1, 0.15) is 17.2 Å². The number of rotatable bonds is 8. The minimum absolute atomic E-state index is 0.00417. The highest BCUT2D eigenvalue weighted by molar-refractivity contribution is 6.34. The second kappa shape index (κ2) is 14.5. The van der Waals surface area contributed by atoms with Crippen molar-refractivity contribution in [3.63, 3.8) is 0 Å². The van der Waals surface area contributed by atoms with E-state index in [1.165, 1.54) is 30.3 Å². The Bertz CT molecular complexity index is 1620. The van der Waals surface area contributed by atoms with E-state index in [2.05, 4.69) is 0 Å². The van der Waals surface area contributed by atoms with E-state index in [4.69, 9.17) is 48.6 Å². The van der Waals surface area contributed by atoms with Crippen LogP contribution in [0.1, 0.15) is 11.1 Å². The molecule has 0 spiro atoms. The van der Waals surface area contributed by atoms with Crippen LogP contribution in [0.4, 0.5) is 32.0 Å². The number of carboxylic acids is 2. The van der Waals surface area contributed by atoms with E-state index in [1.807, 2.05) is 0 Å². The molecule has 0 radical (unpaired) electrons. The van der Waals surface area contributed by atoms with E-state index < -0.39 is 48.6 Å². The zero-order chi connectivity index (χ0) is 34.4. The Labute approximate surface area is 266 Å². The second-order valence-corrected chi connectivity index (χ2v) is 10.0. The van der Waals surface area contributed by atoms with Gasteiger partial charge in [-0.1, -0.05) is 29.3 Å². The van der Waals surface area contributed by atoms with Crippen molar-refractivity contribution in [1.29, 1.82) is 0 Å². The normalized spacial score (nSPS) is 11.3. The van der Waals surface area contributed by atoms with Crippen LogP contribution in [-0.2, 0) is 21.9 Å². The molecular formula is C30H21Cl2F6NO7. The highest BCUT2D eigenvalue weighted by atomic mass is 35.5. The van der Waals surface area contributed by atoms with Gasteiger partial charge in [0.05, 0.1) is 21.2 Å². The highest BCUT2D eigenvalue weighted by Gasteiger charge is 2.32. The molecule has 0 fully saturated rings. The molecule has 46 heavy (non-hydrogen) atoms. The van der Waals surface area contributed by atoms with Crippen LogP contribution >= 0.6 is 23.2 Å². The Hall–Kier alpha value is -4.82. The molecule has 4 rings (SSSR count). The number of benzene rings is 4. The Balaban J connectivity index is 0.000000250. The van der Waals surface area contributed by atoms with Gasteiger partial charge in [-0.2, -0.15) is 26.3 Å². The zero-order valence-electron chi connectivity index (χ0n) is 22.9. The maximum Gasteiger partial charge on any atom is 0.416 e. The summed E-state index contributed by atoms with van der Waals surface area (Å²) in [6.45, 7) is -1.40. The van der Waals surface area contributed by atoms with E-state index in [0.717, 1.165) is 42.5 Å². The van der Waals surface area contributed by atoms with Gasteiger partial charge in [-0.3, -0.25) is 0 Å². The first kappa shape index (κ1) is 35.7. The van der Waals surface area contributed by atoms with Crippen molar-refractivity contribution >= 4 is 40.8 Å². The van der Waals surface area contributed by atoms with Crippen LogP contribution in [-0.4, -0.2) is 40.5 Å². The number of hydrogen-bond acceptors (Lipinski definition) is 6. The predicted molar refractivity (Wildman–Crippen MR) is 156 cm³/mol. The SMILES string of the molecule is Nc1ccc(-c2cc(C(F)(F)F)ccc2OCC(=O)O)c(Cl)c1.O=C(O)COc1ccc(C(F)(F)F)cc1-c1ccc(O)cc1Cl. The molecule has 0 saturated carbocycles. The van der Waals surface area contributed by atoms with Crippen LogP contribution in [0.5, 0.6) is 17.2 Å². The van der Waals surface area contributed by atoms with Crippen LogP contribution in [0.15, 0.2) is 72.8 Å². The van der Waals surface area contributed by atoms with E-state index in [9.17, 15) is 41.0 Å². The molecule has 0 aliphatic heterocycles. The third-order valence-electron chi connectivity index (χ3n) is 5.84. The van der Waals surface area contributed by atoms with E-state index in [1.54, 1.807) is 0 Å². The van der Waals surface area contributed by atoms with E-state index in [0.29, 0.717) is 5.69 Å². The summed E-state index contributed by atoms with van der Waals surface area (Å²) in [7, 11) is 0. The number of hydrogen-bond donors (Lipinski definition) is 4. The first-order valence-corrected chi connectivity index (χ1v) is 13.3. The van der Waals surface area contributed by atoms with Gasteiger partial charge in [0.2, 0.25) is 0 Å². The summed E-state index contributed by atoms with van der Waals surface area (Å²) in [4.78, 5) is 21.2. The highest BCUT2D eigenvalue weighted by Crippen LogP contribution is 2.42. The summed E-state index contributed by atoms with van der Waals surface area (Å²) < 4.78 is 87.4. The maximum absolute atomic E-state index is 12.9. The molecule has 0 unspecified atom stereocenters. The van der Waals surface area contributed by atoms with Gasteiger partial charge in [-0.15, -0.1) is 0 Å². The summed E-state index contributed by atoms with van der Waals surface area (Å²) in [5.41, 5.74) is 4.53. The van der Waals surface area contributed by atoms with Gasteiger partial charge in [0, 0.05) is 27.9 Å². The Morgan fingerprint density at radius 1 is 0.630 bits per heavy atom. The molecule has 4 aromatic carbocycles. The molecule has 16 heteroatoms. The van der Waals surface area contributed by atoms with E-state index in [-0.39, 0.29) is 49.5 Å². The molecule has 8 nitrogen and oxygen atoms in total. The average molecular weight is 692 g/mol. The Morgan fingerprint density at radius 3 is 1.41 bits per heavy atom. The molecule has 4 aromatic rings. The third-order valence-corrected chi connectivity index (χ3v) is 6.47. The smallest absolute Gasteiger partial charge is 0.416 e. The fourth-order valence-electron chi connectivity index (χ4n) is 3.84. The number of phenols is 1. The average Bonchev–Trinajstić information content (AvgIpc) is 2.94. The fraction of sp³-hybridized carbons (Fsp3) is 0.133. The number of aromatic hydroxyl groups is 1. The lowest BCUT2D eigenvalue weighted by Gasteiger charge is -2.15. The molecule has 0 aliphatic carbocycles. The van der Waals surface area contributed by atoms with Crippen LogP contribution in [0.3, 0.4) is 0 Å². The number of halogens is 8. The number of carboxylic acid groups (broad SMARTS) is 2. The molecule has 0 amide bonds. The standard InChI is InChI=1S/C15H11ClF3NO3.C15H10ClF3O4/c2*16-12-6-9(20)2-3-10(12)11-5-8(15(17,18)19)1-4-13(11)23-7-14(21)22/h1-6H,7,20H2,(H,21,22);1-6,20H,7H2,(H,21,22). The number of ether oxygens (including phenoxy) is 2. The fourth-order valence-corrected chi connectivity index (χ4v) is 4.40. The largest absolute Gasteiger partial charge is 0.508 e. The number of nitrogens with two attached hydrogens (primary N) is 1. The zero-order valence-corrected chi connectivity index (χ0v) is 24.4. The number of anilines is 1. The van der Waals surface area contributed by atoms with Crippen molar-refractivity contribution in [3.8, 4) is 39.5 Å². The number of nitrogen functional groups attached to an aromatic ring is 1. The molecule has 0 saturated heterocycles. The molecule has 0 atom stereocenters. The molecular weight excluding hydrogens is 671 g/mol. The van der Waals surface area contributed by atoms with Gasteiger partial charge in [-0.25, -0.2) is 9.59 Å². The van der Waals surface area contributed by atoms with Crippen LogP contribution in [0, 0.1) is 0 Å². The first-order chi connectivity index (χ1) is 21.4. The molecule has 5 N–H and O–H groups in total. The van der Waals surface area contributed by atoms with Crippen molar-refractivity contribution in [2.45, 2.75) is 12.4 Å². The number of alkyl halides is 6. The van der Waals surface area contributed by atoms with Crippen molar-refractivity contribution < 1.29 is 60.7 Å². The van der Waals surface area contributed by atoms with Gasteiger partial charge < -0.3 is 30.5 Å². The van der Waals surface area contributed by atoms with Crippen LogP contribution < -0.4 is 15.2 Å². The lowest BCUT2D eigenvalue weighted by molar-refractivity contribution is -0.140. The van der Waals surface area contributed by atoms with Crippen LogP contribution in [0.25, 0.3) is 22.3 Å². The molecule has 0 aromatic heterocycles. The monoisotopic (exact) mass is 691 g/mol. The number of carbonyl (C=O) groups is 2. The summed E-state index contributed by atoms with van der Waals surface area (Å²) >= 11 is 12.0. The Kier molecular flexibility index (Phi) is 11.3. The van der Waals surface area contributed by atoms with Crippen LogP contribution in [0.2, 0.25) is 10.0 Å². The van der Waals surface area contributed by atoms with Crippen molar-refractivity contribution in [3.05, 3.63) is 94.0 Å². The van der Waals surface area contributed by atoms with Gasteiger partial charge in [0.25, 0.3) is 0 Å². The van der Waals surface area contributed by atoms with Crippen molar-refractivity contribution in [1.82, 2.24) is 0 Å². The van der Waals surface area contributed by atoms with Gasteiger partial charge in [0.15, 0.2) is 13.2 Å². The summed E-state index contributed by atoms with van der Waals surface area (Å²) in [5.74, 6) is -2.76. The third kappa shape index (κ3) is 9.59. The molecule has 0 bridgehead atoms. The minimum atomic E-state index is -4.58. The number of aliphatic carboxylic acids is 2. The molecule has 0 aliphatic rings. The Morgan fingerprint density at radius 2 is 1.04 bits per heavy atom. The first-order valence-electron chi connectivity index (χ1n) is 12.5. The van der Waals surface area contributed by atoms with Gasteiger partial charge in [-0.05, 0) is 66.7 Å².